The number of halogens is 3. The molecule has 0 spiro atoms. The molecule has 7 nitrogen and oxygen atoms in total. The van der Waals surface area contributed by atoms with Gasteiger partial charge in [0.1, 0.15) is 0 Å². The number of carbonyl (C=O) groups excluding carboxylic acids is 1. The number of amides is 1. The van der Waals surface area contributed by atoms with Gasteiger partial charge in [-0.25, -0.2) is 9.97 Å². The van der Waals surface area contributed by atoms with Crippen LogP contribution in [-0.2, 0) is 29.2 Å². The molecule has 1 fully saturated rings. The Bertz CT molecular complexity index is 1560. The Morgan fingerprint density at radius 2 is 1.86 bits per heavy atom. The molecule has 0 bridgehead atoms. The lowest BCUT2D eigenvalue weighted by Crippen LogP contribution is -2.43. The number of hydrogen-bond acceptors (Lipinski definition) is 6. The van der Waals surface area contributed by atoms with Gasteiger partial charge in [-0.15, -0.1) is 0 Å². The highest BCUT2D eigenvalue weighted by Gasteiger charge is 2.40. The van der Waals surface area contributed by atoms with Crippen LogP contribution in [0.25, 0.3) is 0 Å². The Hall–Kier alpha value is -3.50. The number of hydrogen-bond donors (Lipinski definition) is 3. The summed E-state index contributed by atoms with van der Waals surface area (Å²) in [5.74, 6) is 0.312. The van der Waals surface area contributed by atoms with Crippen LogP contribution < -0.4 is 10.6 Å². The topological polar surface area (TPSA) is 90.4 Å². The molecule has 44 heavy (non-hydrogen) atoms. The van der Waals surface area contributed by atoms with Crippen molar-refractivity contribution < 1.29 is 23.1 Å². The summed E-state index contributed by atoms with van der Waals surface area (Å²) in [6.07, 6.45) is -1.31. The Labute approximate surface area is 257 Å². The molecular weight excluding hydrogens is 567 g/mol. The number of carbonyl (C=O) groups is 1. The minimum atomic E-state index is -4.60. The maximum Gasteiger partial charge on any atom is 0.419 e. The van der Waals surface area contributed by atoms with Crippen molar-refractivity contribution in [2.45, 2.75) is 90.3 Å². The van der Waals surface area contributed by atoms with Crippen molar-refractivity contribution in [3.63, 3.8) is 0 Å². The lowest BCUT2D eigenvalue weighted by molar-refractivity contribution is -0.138. The first-order valence-corrected chi connectivity index (χ1v) is 15.2. The van der Waals surface area contributed by atoms with Crippen LogP contribution in [0.4, 0.5) is 30.5 Å². The van der Waals surface area contributed by atoms with E-state index in [1.165, 1.54) is 5.56 Å². The third kappa shape index (κ3) is 6.61. The van der Waals surface area contributed by atoms with E-state index >= 15 is 0 Å². The van der Waals surface area contributed by atoms with Crippen LogP contribution in [0.15, 0.2) is 36.5 Å². The Balaban J connectivity index is 1.38. The smallest absolute Gasteiger partial charge is 0.389 e. The zero-order valence-corrected chi connectivity index (χ0v) is 26.3. The Morgan fingerprint density at radius 3 is 2.57 bits per heavy atom. The van der Waals surface area contributed by atoms with E-state index in [-0.39, 0.29) is 24.0 Å². The quantitative estimate of drug-likeness (QED) is 0.260. The van der Waals surface area contributed by atoms with Crippen LogP contribution in [0.2, 0.25) is 0 Å². The van der Waals surface area contributed by atoms with Gasteiger partial charge in [0, 0.05) is 30.7 Å². The summed E-state index contributed by atoms with van der Waals surface area (Å²) in [5.41, 5.74) is 3.96. The molecule has 3 N–H and O–H groups in total. The van der Waals surface area contributed by atoms with E-state index in [1.54, 1.807) is 6.07 Å². The standard InChI is InChI=1S/C34H42F3N5O2/c1-20-21(2)26(15-13-24(20)23-10-8-16-42(18-23)19-32(3,4)44)40-31-38-17-25(34(35,36)37)27(41-31)14-12-22-9-7-11-28-29(22)33(5,6)30(43)39-28/h7,9,11,13,15,17,23,44H,8,10,12,14,16,18-19H2,1-6H3,(H,39,43)(H,38,40,41). The average Bonchev–Trinajstić information content (AvgIpc) is 3.17. The summed E-state index contributed by atoms with van der Waals surface area (Å²) in [4.78, 5) is 23.2. The first-order valence-electron chi connectivity index (χ1n) is 15.2. The van der Waals surface area contributed by atoms with Crippen molar-refractivity contribution in [2.75, 3.05) is 30.3 Å². The van der Waals surface area contributed by atoms with Gasteiger partial charge in [0.05, 0.1) is 22.3 Å². The molecule has 3 aromatic rings. The highest BCUT2D eigenvalue weighted by Crippen LogP contribution is 2.41. The van der Waals surface area contributed by atoms with Crippen LogP contribution in [0.3, 0.4) is 0 Å². The van der Waals surface area contributed by atoms with E-state index in [0.717, 1.165) is 60.1 Å². The number of likely N-dealkylation sites (tertiary alicyclic amines) is 1. The minimum absolute atomic E-state index is 0.0343. The molecule has 236 valence electrons. The summed E-state index contributed by atoms with van der Waals surface area (Å²) in [6, 6.07) is 9.52. The third-order valence-electron chi connectivity index (χ3n) is 9.03. The molecule has 2 aliphatic heterocycles. The van der Waals surface area contributed by atoms with Gasteiger partial charge < -0.3 is 15.7 Å². The fraction of sp³-hybridized carbons (Fsp3) is 0.500. The number of rotatable bonds is 8. The number of alkyl halides is 3. The zero-order valence-electron chi connectivity index (χ0n) is 26.3. The number of nitrogens with one attached hydrogen (secondary N) is 2. The lowest BCUT2D eigenvalue weighted by Gasteiger charge is -2.37. The van der Waals surface area contributed by atoms with Crippen molar-refractivity contribution in [1.29, 1.82) is 0 Å². The predicted octanol–water partition coefficient (Wildman–Crippen LogP) is 6.82. The van der Waals surface area contributed by atoms with E-state index in [2.05, 4.69) is 38.5 Å². The Morgan fingerprint density at radius 1 is 1.11 bits per heavy atom. The number of aryl methyl sites for hydroxylation is 2. The number of nitrogens with zero attached hydrogens (tertiary/aromatic N) is 3. The number of benzene rings is 2. The highest BCUT2D eigenvalue weighted by molar-refractivity contribution is 6.06. The van der Waals surface area contributed by atoms with E-state index in [4.69, 9.17) is 0 Å². The fourth-order valence-corrected chi connectivity index (χ4v) is 6.74. The van der Waals surface area contributed by atoms with Gasteiger partial charge >= 0.3 is 6.18 Å². The Kier molecular flexibility index (Phi) is 8.54. The third-order valence-corrected chi connectivity index (χ3v) is 9.03. The molecule has 1 unspecified atom stereocenters. The molecule has 1 amide bonds. The lowest BCUT2D eigenvalue weighted by atomic mass is 9.82. The molecule has 1 atom stereocenters. The van der Waals surface area contributed by atoms with E-state index < -0.39 is 22.8 Å². The van der Waals surface area contributed by atoms with Crippen molar-refractivity contribution in [3.05, 3.63) is 75.6 Å². The number of anilines is 3. The van der Waals surface area contributed by atoms with Gasteiger partial charge in [0.15, 0.2) is 0 Å². The van der Waals surface area contributed by atoms with Gasteiger partial charge in [0.2, 0.25) is 11.9 Å². The van der Waals surface area contributed by atoms with Crippen molar-refractivity contribution >= 4 is 23.2 Å². The summed E-state index contributed by atoms with van der Waals surface area (Å²) >= 11 is 0. The molecule has 5 rings (SSSR count). The van der Waals surface area contributed by atoms with Crippen molar-refractivity contribution in [1.82, 2.24) is 14.9 Å². The summed E-state index contributed by atoms with van der Waals surface area (Å²) in [6.45, 7) is 13.8. The number of aliphatic hydroxyl groups is 1. The first kappa shape index (κ1) is 31.9. The van der Waals surface area contributed by atoms with E-state index in [1.807, 2.05) is 52.8 Å². The van der Waals surface area contributed by atoms with E-state index in [0.29, 0.717) is 24.6 Å². The first-order chi connectivity index (χ1) is 20.5. The van der Waals surface area contributed by atoms with Gasteiger partial charge in [-0.05, 0) is 120 Å². The molecule has 0 aliphatic carbocycles. The second-order valence-electron chi connectivity index (χ2n) is 13.4. The van der Waals surface area contributed by atoms with Gasteiger partial charge in [-0.3, -0.25) is 9.69 Å². The van der Waals surface area contributed by atoms with E-state index in [9.17, 15) is 23.1 Å². The number of fused-ring (bicyclic) bond motifs is 1. The van der Waals surface area contributed by atoms with Crippen LogP contribution in [0.1, 0.15) is 85.5 Å². The molecule has 0 radical (unpaired) electrons. The van der Waals surface area contributed by atoms with Crippen LogP contribution in [-0.4, -0.2) is 51.1 Å². The van der Waals surface area contributed by atoms with Crippen molar-refractivity contribution in [2.24, 2.45) is 0 Å². The summed E-state index contributed by atoms with van der Waals surface area (Å²) < 4.78 is 42.0. The largest absolute Gasteiger partial charge is 0.419 e. The molecule has 2 aromatic carbocycles. The summed E-state index contributed by atoms with van der Waals surface area (Å²) in [5, 5.41) is 16.4. The molecule has 10 heteroatoms. The van der Waals surface area contributed by atoms with Gasteiger partial charge in [-0.1, -0.05) is 18.2 Å². The van der Waals surface area contributed by atoms with Gasteiger partial charge in [-0.2, -0.15) is 13.2 Å². The minimum Gasteiger partial charge on any atom is -0.389 e. The predicted molar refractivity (Wildman–Crippen MR) is 166 cm³/mol. The maximum atomic E-state index is 14.0. The second kappa shape index (κ2) is 11.8. The average molecular weight is 610 g/mol. The molecule has 2 aliphatic rings. The maximum absolute atomic E-state index is 14.0. The zero-order chi connectivity index (χ0) is 32.0. The monoisotopic (exact) mass is 609 g/mol. The number of β-amino-alcohol motifs (C(OH)–C–C–N with tert-alkyl or cyclic N) is 1. The fourth-order valence-electron chi connectivity index (χ4n) is 6.74. The summed E-state index contributed by atoms with van der Waals surface area (Å²) in [7, 11) is 0. The van der Waals surface area contributed by atoms with Crippen molar-refractivity contribution in [3.8, 4) is 0 Å². The number of piperidine rings is 1. The van der Waals surface area contributed by atoms with Crippen LogP contribution in [0, 0.1) is 13.8 Å². The van der Waals surface area contributed by atoms with Crippen LogP contribution in [0.5, 0.6) is 0 Å². The molecule has 1 aromatic heterocycles. The van der Waals surface area contributed by atoms with Gasteiger partial charge in [0.25, 0.3) is 0 Å². The number of aromatic nitrogens is 2. The highest BCUT2D eigenvalue weighted by atomic mass is 19.4. The molecule has 0 saturated carbocycles. The molecule has 3 heterocycles. The normalized spacial score (nSPS) is 18.7. The molecular formula is C34H42F3N5O2. The van der Waals surface area contributed by atoms with Crippen LogP contribution >= 0.6 is 0 Å². The SMILES string of the molecule is Cc1c(Nc2ncc(C(F)(F)F)c(CCc3cccc4c3C(C)(C)C(=O)N4)n2)ccc(C2CCCN(CC(C)(C)O)C2)c1C. The molecule has 1 saturated heterocycles. The second-order valence-corrected chi connectivity index (χ2v) is 13.4.